The maximum absolute atomic E-state index is 11.0. The second-order valence-electron chi connectivity index (χ2n) is 2.56. The summed E-state index contributed by atoms with van der Waals surface area (Å²) in [7, 11) is -3.25. The third-order valence-electron chi connectivity index (χ3n) is 1.17. The van der Waals surface area contributed by atoms with Crippen LogP contribution in [-0.2, 0) is 14.6 Å². The maximum Gasteiger partial charge on any atom is 0.157 e. The van der Waals surface area contributed by atoms with E-state index < -0.39 is 15.6 Å². The van der Waals surface area contributed by atoms with Gasteiger partial charge < -0.3 is 0 Å². The van der Waals surface area contributed by atoms with Gasteiger partial charge in [-0.25, -0.2) is 8.42 Å². The number of Topliss-reactive ketones (excluding diaryl/α,β-unsaturated/α-hetero) is 1. The fourth-order valence-corrected chi connectivity index (χ4v) is 2.10. The molecule has 0 unspecified atom stereocenters. The Morgan fingerprint density at radius 2 is 2.08 bits per heavy atom. The summed E-state index contributed by atoms with van der Waals surface area (Å²) in [5, 5.41) is 8.13. The first-order valence-corrected chi connectivity index (χ1v) is 5.37. The second kappa shape index (κ2) is 4.88. The summed E-state index contributed by atoms with van der Waals surface area (Å²) in [6, 6.07) is 1.84. The highest BCUT2D eigenvalue weighted by atomic mass is 32.2. The highest BCUT2D eigenvalue weighted by Gasteiger charge is 2.12. The molecule has 0 radical (unpaired) electrons. The Balaban J connectivity index is 3.91. The van der Waals surface area contributed by atoms with Crippen LogP contribution in [0.4, 0.5) is 0 Å². The number of hydrogen-bond acceptors (Lipinski definition) is 4. The zero-order valence-electron chi connectivity index (χ0n) is 6.91. The minimum atomic E-state index is -3.25. The molecule has 0 aromatic carbocycles. The Hall–Kier alpha value is -0.890. The normalized spacial score (nSPS) is 10.7. The Morgan fingerprint density at radius 1 is 1.50 bits per heavy atom. The summed E-state index contributed by atoms with van der Waals surface area (Å²) in [6.07, 6.45) is 0.531. The SMILES string of the molecule is CC(=O)CS(=O)(=O)CCCC#N. The molecule has 0 aromatic rings. The molecule has 0 aliphatic carbocycles. The van der Waals surface area contributed by atoms with Crippen LogP contribution in [0.5, 0.6) is 0 Å². The van der Waals surface area contributed by atoms with Crippen molar-refractivity contribution in [3.8, 4) is 6.07 Å². The quantitative estimate of drug-likeness (QED) is 0.583. The second-order valence-corrected chi connectivity index (χ2v) is 4.74. The zero-order chi connectivity index (χ0) is 9.61. The molecule has 0 saturated carbocycles. The number of carbonyl (C=O) groups is 1. The molecule has 4 nitrogen and oxygen atoms in total. The Kier molecular flexibility index (Phi) is 4.52. The number of rotatable bonds is 5. The monoisotopic (exact) mass is 189 g/mol. The van der Waals surface area contributed by atoms with Crippen LogP contribution in [-0.4, -0.2) is 25.7 Å². The first-order chi connectivity index (χ1) is 5.48. The fraction of sp³-hybridized carbons (Fsp3) is 0.714. The van der Waals surface area contributed by atoms with Crippen molar-refractivity contribution >= 4 is 15.6 Å². The van der Waals surface area contributed by atoms with Gasteiger partial charge in [0.1, 0.15) is 11.5 Å². The standard InChI is InChI=1S/C7H11NO3S/c1-7(9)6-12(10,11)5-3-2-4-8/h2-3,5-6H2,1H3. The van der Waals surface area contributed by atoms with Crippen LogP contribution in [0.3, 0.4) is 0 Å². The molecule has 0 fully saturated rings. The molecule has 0 saturated heterocycles. The summed E-state index contributed by atoms with van der Waals surface area (Å²) in [5.74, 6) is -0.828. The molecule has 0 amide bonds. The predicted molar refractivity (Wildman–Crippen MR) is 44.2 cm³/mol. The van der Waals surface area contributed by atoms with Crippen LogP contribution in [0.1, 0.15) is 19.8 Å². The molecule has 0 aliphatic heterocycles. The molecule has 5 heteroatoms. The summed E-state index contributed by atoms with van der Waals surface area (Å²) < 4.78 is 22.0. The van der Waals surface area contributed by atoms with Gasteiger partial charge in [0.05, 0.1) is 11.8 Å². The molecule has 0 spiro atoms. The molecule has 0 atom stereocenters. The van der Waals surface area contributed by atoms with E-state index in [2.05, 4.69) is 0 Å². The number of nitrogens with zero attached hydrogens (tertiary/aromatic N) is 1. The topological polar surface area (TPSA) is 75.0 Å². The van der Waals surface area contributed by atoms with Crippen molar-refractivity contribution < 1.29 is 13.2 Å². The van der Waals surface area contributed by atoms with Gasteiger partial charge in [0, 0.05) is 6.42 Å². The van der Waals surface area contributed by atoms with Crippen molar-refractivity contribution in [3.63, 3.8) is 0 Å². The van der Waals surface area contributed by atoms with Crippen LogP contribution in [0.15, 0.2) is 0 Å². The third-order valence-corrected chi connectivity index (χ3v) is 2.92. The summed E-state index contributed by atoms with van der Waals surface area (Å²) >= 11 is 0. The number of unbranched alkanes of at least 4 members (excludes halogenated alkanes) is 1. The Bertz CT molecular complexity index is 286. The molecule has 0 rings (SSSR count). The Labute approximate surface area is 72.1 Å². The van der Waals surface area contributed by atoms with Gasteiger partial charge in [0.15, 0.2) is 9.84 Å². The van der Waals surface area contributed by atoms with E-state index in [0.717, 1.165) is 0 Å². The fourth-order valence-electron chi connectivity index (χ4n) is 0.753. The van der Waals surface area contributed by atoms with Crippen molar-refractivity contribution in [2.45, 2.75) is 19.8 Å². The molecule has 0 bridgehead atoms. The molecule has 0 N–H and O–H groups in total. The number of nitriles is 1. The van der Waals surface area contributed by atoms with E-state index in [1.54, 1.807) is 0 Å². The summed E-state index contributed by atoms with van der Waals surface area (Å²) in [5.41, 5.74) is 0. The van der Waals surface area contributed by atoms with Gasteiger partial charge in [-0.15, -0.1) is 0 Å². The van der Waals surface area contributed by atoms with Crippen molar-refractivity contribution in [1.29, 1.82) is 5.26 Å². The van der Waals surface area contributed by atoms with Gasteiger partial charge in [-0.3, -0.25) is 4.79 Å². The van der Waals surface area contributed by atoms with Crippen molar-refractivity contribution in [2.75, 3.05) is 11.5 Å². The van der Waals surface area contributed by atoms with Crippen LogP contribution < -0.4 is 0 Å². The lowest BCUT2D eigenvalue weighted by Gasteiger charge is -1.97. The average molecular weight is 189 g/mol. The van der Waals surface area contributed by atoms with Gasteiger partial charge in [0.2, 0.25) is 0 Å². The lowest BCUT2D eigenvalue weighted by Crippen LogP contribution is -2.16. The smallest absolute Gasteiger partial charge is 0.157 e. The van der Waals surface area contributed by atoms with E-state index in [0.29, 0.717) is 6.42 Å². The maximum atomic E-state index is 11.0. The van der Waals surface area contributed by atoms with Crippen molar-refractivity contribution in [2.24, 2.45) is 0 Å². The molecule has 68 valence electrons. The minimum Gasteiger partial charge on any atom is -0.299 e. The van der Waals surface area contributed by atoms with Gasteiger partial charge in [-0.2, -0.15) is 5.26 Å². The average Bonchev–Trinajstić information content (AvgIpc) is 1.84. The first kappa shape index (κ1) is 11.1. The van der Waals surface area contributed by atoms with Crippen LogP contribution >= 0.6 is 0 Å². The molecule has 0 heterocycles. The molecule has 12 heavy (non-hydrogen) atoms. The molecule has 0 aromatic heterocycles. The molecular weight excluding hydrogens is 178 g/mol. The van der Waals surface area contributed by atoms with Gasteiger partial charge >= 0.3 is 0 Å². The Morgan fingerprint density at radius 3 is 2.50 bits per heavy atom. The van der Waals surface area contributed by atoms with Gasteiger partial charge in [-0.05, 0) is 13.3 Å². The first-order valence-electron chi connectivity index (χ1n) is 3.55. The van der Waals surface area contributed by atoms with Crippen LogP contribution in [0.25, 0.3) is 0 Å². The van der Waals surface area contributed by atoms with E-state index in [-0.39, 0.29) is 18.0 Å². The number of ketones is 1. The van der Waals surface area contributed by atoms with Crippen molar-refractivity contribution in [1.82, 2.24) is 0 Å². The highest BCUT2D eigenvalue weighted by Crippen LogP contribution is 1.97. The minimum absolute atomic E-state index is 0.0693. The van der Waals surface area contributed by atoms with Crippen LogP contribution in [0.2, 0.25) is 0 Å². The van der Waals surface area contributed by atoms with E-state index in [1.807, 2.05) is 6.07 Å². The number of hydrogen-bond donors (Lipinski definition) is 0. The van der Waals surface area contributed by atoms with E-state index in [9.17, 15) is 13.2 Å². The van der Waals surface area contributed by atoms with E-state index in [4.69, 9.17) is 5.26 Å². The van der Waals surface area contributed by atoms with E-state index >= 15 is 0 Å². The zero-order valence-corrected chi connectivity index (χ0v) is 7.73. The third kappa shape index (κ3) is 5.86. The molecular formula is C7H11NO3S. The molecule has 0 aliphatic rings. The highest BCUT2D eigenvalue weighted by molar-refractivity contribution is 7.92. The largest absolute Gasteiger partial charge is 0.299 e. The number of carbonyl (C=O) groups excluding carboxylic acids is 1. The predicted octanol–water partition coefficient (Wildman–Crippen LogP) is 0.294. The lowest BCUT2D eigenvalue weighted by atomic mass is 10.4. The summed E-state index contributed by atoms with van der Waals surface area (Å²) in [4.78, 5) is 10.4. The van der Waals surface area contributed by atoms with E-state index in [1.165, 1.54) is 6.92 Å². The van der Waals surface area contributed by atoms with Crippen LogP contribution in [0, 0.1) is 11.3 Å². The lowest BCUT2D eigenvalue weighted by molar-refractivity contribution is -0.114. The van der Waals surface area contributed by atoms with Crippen molar-refractivity contribution in [3.05, 3.63) is 0 Å². The van der Waals surface area contributed by atoms with Gasteiger partial charge in [-0.1, -0.05) is 0 Å². The number of sulfone groups is 1. The van der Waals surface area contributed by atoms with Gasteiger partial charge in [0.25, 0.3) is 0 Å². The summed E-state index contributed by atoms with van der Waals surface area (Å²) in [6.45, 7) is 1.24.